The minimum Gasteiger partial charge on any atom is -0.598 e. The lowest BCUT2D eigenvalue weighted by Crippen LogP contribution is -2.40. The van der Waals surface area contributed by atoms with Crippen LogP contribution in [0, 0.1) is 0 Å². The van der Waals surface area contributed by atoms with Gasteiger partial charge in [0.05, 0.1) is 13.2 Å². The van der Waals surface area contributed by atoms with Crippen molar-refractivity contribution in [2.45, 2.75) is 38.5 Å². The summed E-state index contributed by atoms with van der Waals surface area (Å²) in [4.78, 5) is 0. The number of nitrogens with one attached hydrogen (secondary N) is 1. The van der Waals surface area contributed by atoms with E-state index >= 15 is 0 Å². The fraction of sp³-hybridized carbons (Fsp3) is 0.538. The predicted octanol–water partition coefficient (Wildman–Crippen LogP) is 3.57. The molecule has 0 unspecified atom stereocenters. The Kier molecular flexibility index (Phi) is 5.52. The highest BCUT2D eigenvalue weighted by Gasteiger charge is 2.28. The van der Waals surface area contributed by atoms with Gasteiger partial charge in [-0.1, -0.05) is 22.0 Å². The van der Waals surface area contributed by atoms with Gasteiger partial charge < -0.3 is 9.29 Å². The highest BCUT2D eigenvalue weighted by atomic mass is 79.9. The lowest BCUT2D eigenvalue weighted by atomic mass is 10.1. The molecule has 1 aromatic rings. The van der Waals surface area contributed by atoms with Crippen molar-refractivity contribution in [2.24, 2.45) is 0 Å². The number of methoxy groups -OCH3 is 1. The van der Waals surface area contributed by atoms with E-state index in [2.05, 4.69) is 20.7 Å². The molecule has 3 nitrogen and oxygen atoms in total. The number of benzene rings is 1. The third-order valence-corrected chi connectivity index (χ3v) is 4.88. The monoisotopic (exact) mass is 333 g/mol. The number of ether oxygens (including phenoxy) is 1. The lowest BCUT2D eigenvalue weighted by molar-refractivity contribution is 0.414. The van der Waals surface area contributed by atoms with E-state index in [1.165, 1.54) is 0 Å². The summed E-state index contributed by atoms with van der Waals surface area (Å²) in [7, 11) is 1.64. The van der Waals surface area contributed by atoms with E-state index in [1.807, 2.05) is 45.9 Å². The summed E-state index contributed by atoms with van der Waals surface area (Å²) < 4.78 is 21.0. The van der Waals surface area contributed by atoms with Gasteiger partial charge in [0, 0.05) is 15.8 Å². The Morgan fingerprint density at radius 2 is 2.00 bits per heavy atom. The predicted molar refractivity (Wildman–Crippen MR) is 80.1 cm³/mol. The summed E-state index contributed by atoms with van der Waals surface area (Å²) in [5, 5.41) is 0. The van der Waals surface area contributed by atoms with Crippen LogP contribution >= 0.6 is 15.9 Å². The Morgan fingerprint density at radius 1 is 1.39 bits per heavy atom. The second-order valence-corrected chi connectivity index (χ2v) is 7.96. The van der Waals surface area contributed by atoms with Crippen LogP contribution in [-0.2, 0) is 11.4 Å². The molecule has 0 saturated carbocycles. The zero-order chi connectivity index (χ0) is 13.9. The first-order valence-electron chi connectivity index (χ1n) is 5.77. The SMILES string of the molecule is COc1ccc([C@@H](C)N[S@@+]([O-])C(C)(C)C)c(Br)c1. The van der Waals surface area contributed by atoms with Crippen molar-refractivity contribution in [2.75, 3.05) is 7.11 Å². The first-order valence-corrected chi connectivity index (χ1v) is 7.71. The van der Waals surface area contributed by atoms with Crippen LogP contribution in [0.3, 0.4) is 0 Å². The molecule has 2 atom stereocenters. The maximum atomic E-state index is 12.0. The van der Waals surface area contributed by atoms with Crippen molar-refractivity contribution in [3.63, 3.8) is 0 Å². The summed E-state index contributed by atoms with van der Waals surface area (Å²) in [6, 6.07) is 5.79. The second kappa shape index (κ2) is 6.28. The van der Waals surface area contributed by atoms with Crippen molar-refractivity contribution in [1.29, 1.82) is 0 Å². The van der Waals surface area contributed by atoms with E-state index in [0.29, 0.717) is 0 Å². The van der Waals surface area contributed by atoms with Crippen LogP contribution in [0.4, 0.5) is 0 Å². The van der Waals surface area contributed by atoms with E-state index in [4.69, 9.17) is 4.74 Å². The molecule has 0 bridgehead atoms. The average Bonchev–Trinajstić information content (AvgIpc) is 2.27. The molecular formula is C13H20BrNO2S. The van der Waals surface area contributed by atoms with Crippen LogP contribution < -0.4 is 9.46 Å². The molecule has 0 fully saturated rings. The number of hydrogen-bond acceptors (Lipinski definition) is 3. The van der Waals surface area contributed by atoms with Crippen molar-refractivity contribution in [1.82, 2.24) is 4.72 Å². The zero-order valence-corrected chi connectivity index (χ0v) is 13.8. The molecule has 0 saturated heterocycles. The van der Waals surface area contributed by atoms with Gasteiger partial charge in [-0.15, -0.1) is 4.72 Å². The Morgan fingerprint density at radius 3 is 2.44 bits per heavy atom. The van der Waals surface area contributed by atoms with Crippen LogP contribution in [-0.4, -0.2) is 16.4 Å². The normalized spacial score (nSPS) is 15.3. The highest BCUT2D eigenvalue weighted by molar-refractivity contribution is 9.10. The minimum atomic E-state index is -1.09. The molecule has 1 N–H and O–H groups in total. The molecule has 0 aliphatic rings. The van der Waals surface area contributed by atoms with Gasteiger partial charge in [0.2, 0.25) is 0 Å². The Bertz CT molecular complexity index is 406. The first kappa shape index (κ1) is 15.8. The Hall–Kier alpha value is -0.230. The molecule has 0 amide bonds. The van der Waals surface area contributed by atoms with Gasteiger partial charge in [0.25, 0.3) is 0 Å². The molecule has 5 heteroatoms. The smallest absolute Gasteiger partial charge is 0.136 e. The fourth-order valence-corrected chi connectivity index (χ4v) is 2.89. The minimum absolute atomic E-state index is 0.00494. The van der Waals surface area contributed by atoms with E-state index in [0.717, 1.165) is 15.8 Å². The standard InChI is InChI=1S/C13H20BrNO2S/c1-9(15-18(16)13(2,3)4)11-7-6-10(17-5)8-12(11)14/h6-9,15H,1-5H3/t9-,18+/m1/s1. The van der Waals surface area contributed by atoms with Gasteiger partial charge in [-0.3, -0.25) is 0 Å². The summed E-state index contributed by atoms with van der Waals surface area (Å²) in [5.74, 6) is 0.801. The molecule has 1 aromatic carbocycles. The van der Waals surface area contributed by atoms with Crippen LogP contribution in [0.25, 0.3) is 0 Å². The second-order valence-electron chi connectivity index (χ2n) is 5.11. The lowest BCUT2D eigenvalue weighted by Gasteiger charge is -2.27. The number of hydrogen-bond donors (Lipinski definition) is 1. The van der Waals surface area contributed by atoms with Gasteiger partial charge in [0.15, 0.2) is 0 Å². The van der Waals surface area contributed by atoms with Crippen LogP contribution in [0.2, 0.25) is 0 Å². The van der Waals surface area contributed by atoms with Crippen molar-refractivity contribution in [3.05, 3.63) is 28.2 Å². The van der Waals surface area contributed by atoms with Crippen LogP contribution in [0.1, 0.15) is 39.3 Å². The molecular weight excluding hydrogens is 314 g/mol. The molecule has 0 radical (unpaired) electrons. The van der Waals surface area contributed by atoms with Gasteiger partial charge in [-0.05, 0) is 45.4 Å². The molecule has 18 heavy (non-hydrogen) atoms. The zero-order valence-electron chi connectivity index (χ0n) is 11.4. The van der Waals surface area contributed by atoms with Gasteiger partial charge >= 0.3 is 0 Å². The number of halogens is 1. The van der Waals surface area contributed by atoms with E-state index in [-0.39, 0.29) is 10.8 Å². The highest BCUT2D eigenvalue weighted by Crippen LogP contribution is 2.29. The Balaban J connectivity index is 2.81. The van der Waals surface area contributed by atoms with Gasteiger partial charge in [-0.25, -0.2) is 0 Å². The van der Waals surface area contributed by atoms with Crippen LogP contribution in [0.5, 0.6) is 5.75 Å². The third-order valence-electron chi connectivity index (χ3n) is 2.51. The van der Waals surface area contributed by atoms with Crippen molar-refractivity contribution in [3.8, 4) is 5.75 Å². The fourth-order valence-electron chi connectivity index (χ4n) is 1.39. The summed E-state index contributed by atoms with van der Waals surface area (Å²) in [5.41, 5.74) is 1.06. The van der Waals surface area contributed by atoms with Gasteiger partial charge in [0.1, 0.15) is 10.5 Å². The molecule has 0 aromatic heterocycles. The topological polar surface area (TPSA) is 44.3 Å². The third kappa shape index (κ3) is 4.16. The van der Waals surface area contributed by atoms with E-state index < -0.39 is 11.4 Å². The first-order chi connectivity index (χ1) is 8.25. The number of rotatable bonds is 4. The van der Waals surface area contributed by atoms with E-state index in [9.17, 15) is 4.55 Å². The summed E-state index contributed by atoms with van der Waals surface area (Å²) in [6.45, 7) is 7.85. The van der Waals surface area contributed by atoms with Crippen molar-refractivity contribution < 1.29 is 9.29 Å². The van der Waals surface area contributed by atoms with Crippen LogP contribution in [0.15, 0.2) is 22.7 Å². The van der Waals surface area contributed by atoms with Gasteiger partial charge in [-0.2, -0.15) is 0 Å². The molecule has 1 rings (SSSR count). The van der Waals surface area contributed by atoms with E-state index in [1.54, 1.807) is 7.11 Å². The molecule has 0 aliphatic carbocycles. The summed E-state index contributed by atoms with van der Waals surface area (Å²) >= 11 is 2.42. The quantitative estimate of drug-likeness (QED) is 0.856. The maximum Gasteiger partial charge on any atom is 0.136 e. The Labute approximate surface area is 121 Å². The molecule has 0 heterocycles. The molecule has 0 aliphatic heterocycles. The maximum absolute atomic E-state index is 12.0. The molecule has 0 spiro atoms. The van der Waals surface area contributed by atoms with Crippen molar-refractivity contribution >= 4 is 27.3 Å². The average molecular weight is 334 g/mol. The molecule has 102 valence electrons. The largest absolute Gasteiger partial charge is 0.598 e. The summed E-state index contributed by atoms with van der Waals surface area (Å²) in [6.07, 6.45) is 0.